The van der Waals surface area contributed by atoms with Crippen LogP contribution in [0.2, 0.25) is 5.02 Å². The highest BCUT2D eigenvalue weighted by atomic mass is 35.5. The van der Waals surface area contributed by atoms with Gasteiger partial charge in [-0.2, -0.15) is 8.78 Å². The lowest BCUT2D eigenvalue weighted by molar-refractivity contribution is 0.116. The van der Waals surface area contributed by atoms with Crippen molar-refractivity contribution in [3.05, 3.63) is 70.5 Å². The number of halogens is 4. The minimum absolute atomic E-state index is 0.121. The SMILES string of the molecule is CN(C)Cc1cc(Cl)cc(-c2cn(Cc3ccc(-c4nnc(C(F)F)o4)cc3F)nn2)c1. The summed E-state index contributed by atoms with van der Waals surface area (Å²) in [5, 5.41) is 15.6. The van der Waals surface area contributed by atoms with Gasteiger partial charge < -0.3 is 9.32 Å². The molecule has 0 saturated heterocycles. The van der Waals surface area contributed by atoms with Gasteiger partial charge in [-0.3, -0.25) is 0 Å². The summed E-state index contributed by atoms with van der Waals surface area (Å²) in [6.45, 7) is 0.842. The average molecular weight is 463 g/mol. The molecular formula is C21H18ClF3N6O. The van der Waals surface area contributed by atoms with Crippen molar-refractivity contribution in [2.45, 2.75) is 19.5 Å². The fourth-order valence-corrected chi connectivity index (χ4v) is 3.44. The molecule has 11 heteroatoms. The Morgan fingerprint density at radius 2 is 1.88 bits per heavy atom. The zero-order chi connectivity index (χ0) is 22.8. The molecule has 0 amide bonds. The molecule has 0 aliphatic heterocycles. The molecule has 2 heterocycles. The molecule has 4 aromatic rings. The second-order valence-electron chi connectivity index (χ2n) is 7.44. The van der Waals surface area contributed by atoms with Crippen molar-refractivity contribution in [1.29, 1.82) is 0 Å². The quantitative estimate of drug-likeness (QED) is 0.391. The molecular weight excluding hydrogens is 445 g/mol. The lowest BCUT2D eigenvalue weighted by Gasteiger charge is -2.11. The minimum atomic E-state index is -2.89. The van der Waals surface area contributed by atoms with E-state index in [1.165, 1.54) is 16.8 Å². The first-order valence-corrected chi connectivity index (χ1v) is 9.91. The summed E-state index contributed by atoms with van der Waals surface area (Å²) in [7, 11) is 3.93. The van der Waals surface area contributed by atoms with Crippen LogP contribution in [0.4, 0.5) is 13.2 Å². The molecule has 0 bridgehead atoms. The maximum atomic E-state index is 14.6. The van der Waals surface area contributed by atoms with Gasteiger partial charge in [-0.25, -0.2) is 9.07 Å². The molecule has 0 fully saturated rings. The summed E-state index contributed by atoms with van der Waals surface area (Å²) in [6, 6.07) is 9.84. The number of hydrogen-bond donors (Lipinski definition) is 0. The van der Waals surface area contributed by atoms with Crippen molar-refractivity contribution in [1.82, 2.24) is 30.1 Å². The Morgan fingerprint density at radius 1 is 1.06 bits per heavy atom. The summed E-state index contributed by atoms with van der Waals surface area (Å²) in [5.74, 6) is -1.55. The third-order valence-electron chi connectivity index (χ3n) is 4.55. The van der Waals surface area contributed by atoms with Gasteiger partial charge in [-0.1, -0.05) is 22.9 Å². The molecule has 7 nitrogen and oxygen atoms in total. The van der Waals surface area contributed by atoms with Crippen LogP contribution in [0, 0.1) is 5.82 Å². The predicted molar refractivity (Wildman–Crippen MR) is 112 cm³/mol. The molecule has 0 saturated carbocycles. The highest BCUT2D eigenvalue weighted by molar-refractivity contribution is 6.30. The van der Waals surface area contributed by atoms with Crippen LogP contribution in [-0.2, 0) is 13.1 Å². The molecule has 0 atom stereocenters. The third-order valence-corrected chi connectivity index (χ3v) is 4.77. The van der Waals surface area contributed by atoms with E-state index in [0.717, 1.165) is 23.7 Å². The van der Waals surface area contributed by atoms with Crippen molar-refractivity contribution in [3.8, 4) is 22.7 Å². The van der Waals surface area contributed by atoms with Crippen LogP contribution in [0.25, 0.3) is 22.7 Å². The number of hydrogen-bond acceptors (Lipinski definition) is 6. The first-order valence-electron chi connectivity index (χ1n) is 9.53. The van der Waals surface area contributed by atoms with Gasteiger partial charge in [0.25, 0.3) is 5.89 Å². The normalized spacial score (nSPS) is 11.6. The molecule has 166 valence electrons. The molecule has 0 N–H and O–H groups in total. The number of alkyl halides is 2. The lowest BCUT2D eigenvalue weighted by atomic mass is 10.1. The Hall–Kier alpha value is -3.24. The van der Waals surface area contributed by atoms with Crippen molar-refractivity contribution in [2.75, 3.05) is 14.1 Å². The van der Waals surface area contributed by atoms with Crippen LogP contribution in [0.1, 0.15) is 23.4 Å². The Morgan fingerprint density at radius 3 is 2.56 bits per heavy atom. The van der Waals surface area contributed by atoms with Crippen molar-refractivity contribution in [3.63, 3.8) is 0 Å². The third kappa shape index (κ3) is 4.97. The van der Waals surface area contributed by atoms with Gasteiger partial charge >= 0.3 is 6.43 Å². The fourth-order valence-electron chi connectivity index (χ4n) is 3.19. The summed E-state index contributed by atoms with van der Waals surface area (Å²) in [4.78, 5) is 2.03. The maximum Gasteiger partial charge on any atom is 0.314 e. The summed E-state index contributed by atoms with van der Waals surface area (Å²) in [5.41, 5.74) is 2.98. The second kappa shape index (κ2) is 9.09. The van der Waals surface area contributed by atoms with Gasteiger partial charge in [-0.05, 0) is 50.0 Å². The number of aromatic nitrogens is 5. The van der Waals surface area contributed by atoms with Crippen LogP contribution in [0.5, 0.6) is 0 Å². The van der Waals surface area contributed by atoms with Crippen LogP contribution < -0.4 is 0 Å². The highest BCUT2D eigenvalue weighted by Gasteiger charge is 2.18. The largest absolute Gasteiger partial charge is 0.415 e. The summed E-state index contributed by atoms with van der Waals surface area (Å²) in [6.07, 6.45) is -1.19. The van der Waals surface area contributed by atoms with E-state index in [9.17, 15) is 13.2 Å². The van der Waals surface area contributed by atoms with E-state index >= 15 is 0 Å². The van der Waals surface area contributed by atoms with E-state index in [1.54, 1.807) is 12.3 Å². The Labute approximate surface area is 186 Å². The smallest absolute Gasteiger partial charge is 0.314 e. The zero-order valence-corrected chi connectivity index (χ0v) is 17.9. The average Bonchev–Trinajstić information content (AvgIpc) is 3.38. The van der Waals surface area contributed by atoms with Crippen molar-refractivity contribution in [2.24, 2.45) is 0 Å². The Bertz CT molecular complexity index is 1240. The summed E-state index contributed by atoms with van der Waals surface area (Å²) >= 11 is 6.24. The standard InChI is InChI=1S/C21H18ClF3N6O/c1-30(2)9-12-5-15(7-16(22)6-12)18-11-31(29-26-18)10-14-4-3-13(8-17(14)23)20-27-28-21(32-20)19(24)25/h3-8,11,19H,9-10H2,1-2H3. The Balaban J connectivity index is 1.53. The van der Waals surface area contributed by atoms with Crippen LogP contribution >= 0.6 is 11.6 Å². The van der Waals surface area contributed by atoms with Gasteiger partial charge in [0.15, 0.2) is 0 Å². The van der Waals surface area contributed by atoms with Gasteiger partial charge in [0, 0.05) is 28.3 Å². The first kappa shape index (κ1) is 22.0. The van der Waals surface area contributed by atoms with Crippen molar-refractivity contribution < 1.29 is 17.6 Å². The van der Waals surface area contributed by atoms with Crippen LogP contribution in [0.15, 0.2) is 47.0 Å². The van der Waals surface area contributed by atoms with E-state index in [2.05, 4.69) is 20.5 Å². The zero-order valence-electron chi connectivity index (χ0n) is 17.1. The fraction of sp³-hybridized carbons (Fsp3) is 0.238. The molecule has 0 radical (unpaired) electrons. The van der Waals surface area contributed by atoms with E-state index in [1.807, 2.05) is 31.1 Å². The molecule has 32 heavy (non-hydrogen) atoms. The van der Waals surface area contributed by atoms with E-state index in [-0.39, 0.29) is 18.0 Å². The molecule has 2 aromatic heterocycles. The van der Waals surface area contributed by atoms with Gasteiger partial charge in [-0.15, -0.1) is 15.3 Å². The van der Waals surface area contributed by atoms with E-state index in [0.29, 0.717) is 16.3 Å². The Kier molecular flexibility index (Phi) is 6.24. The topological polar surface area (TPSA) is 72.9 Å². The molecule has 4 rings (SSSR count). The van der Waals surface area contributed by atoms with Gasteiger partial charge in [0.05, 0.1) is 12.7 Å². The summed E-state index contributed by atoms with van der Waals surface area (Å²) < 4.78 is 46.2. The molecule has 2 aromatic carbocycles. The molecule has 0 spiro atoms. The number of nitrogens with zero attached hydrogens (tertiary/aromatic N) is 6. The maximum absolute atomic E-state index is 14.6. The van der Waals surface area contributed by atoms with Crippen molar-refractivity contribution >= 4 is 11.6 Å². The van der Waals surface area contributed by atoms with E-state index < -0.39 is 18.1 Å². The second-order valence-corrected chi connectivity index (χ2v) is 7.88. The monoisotopic (exact) mass is 462 g/mol. The predicted octanol–water partition coefficient (Wildman–Crippen LogP) is 4.84. The molecule has 0 aliphatic rings. The van der Waals surface area contributed by atoms with Gasteiger partial charge in [0.2, 0.25) is 5.89 Å². The first-order chi connectivity index (χ1) is 15.3. The molecule has 0 aliphatic carbocycles. The number of benzene rings is 2. The lowest BCUT2D eigenvalue weighted by Crippen LogP contribution is -2.10. The van der Waals surface area contributed by atoms with Gasteiger partial charge in [0.1, 0.15) is 11.5 Å². The minimum Gasteiger partial charge on any atom is -0.415 e. The van der Waals surface area contributed by atoms with Crippen LogP contribution in [-0.4, -0.2) is 44.2 Å². The van der Waals surface area contributed by atoms with E-state index in [4.69, 9.17) is 16.0 Å². The molecule has 0 unspecified atom stereocenters. The number of rotatable bonds is 7. The van der Waals surface area contributed by atoms with Crippen LogP contribution in [0.3, 0.4) is 0 Å². The highest BCUT2D eigenvalue weighted by Crippen LogP contribution is 2.26.